The average molecular weight is 356 g/mol. The van der Waals surface area contributed by atoms with E-state index in [4.69, 9.17) is 27.9 Å². The van der Waals surface area contributed by atoms with Crippen LogP contribution in [0.1, 0.15) is 5.56 Å². The minimum atomic E-state index is -0.710. The summed E-state index contributed by atoms with van der Waals surface area (Å²) >= 11 is 11.8. The topological polar surface area (TPSA) is 97.0 Å². The maximum Gasteiger partial charge on any atom is 0.315 e. The molecule has 0 aromatic heterocycles. The van der Waals surface area contributed by atoms with Gasteiger partial charge in [-0.15, -0.1) is 0 Å². The highest BCUT2D eigenvalue weighted by molar-refractivity contribution is 6.36. The van der Waals surface area contributed by atoms with Crippen molar-refractivity contribution in [3.05, 3.63) is 56.1 Å². The van der Waals surface area contributed by atoms with Gasteiger partial charge in [0.05, 0.1) is 29.0 Å². The largest absolute Gasteiger partial charge is 0.500 e. The first kappa shape index (κ1) is 16.9. The Bertz CT molecular complexity index is 781. The number of anilines is 1. The van der Waals surface area contributed by atoms with Crippen LogP contribution in [-0.4, -0.2) is 23.4 Å². The molecule has 23 heavy (non-hydrogen) atoms. The van der Waals surface area contributed by atoms with Crippen molar-refractivity contribution in [1.29, 1.82) is 0 Å². The first-order valence-electron chi connectivity index (χ1n) is 6.22. The van der Waals surface area contributed by atoms with E-state index in [0.717, 1.165) is 0 Å². The van der Waals surface area contributed by atoms with Crippen molar-refractivity contribution in [2.75, 3.05) is 12.5 Å². The Hall–Kier alpha value is -2.51. The van der Waals surface area contributed by atoms with Crippen LogP contribution in [0, 0.1) is 10.1 Å². The number of phenolic OH excluding ortho intramolecular Hbond substituents is 1. The number of halogens is 2. The summed E-state index contributed by atoms with van der Waals surface area (Å²) < 4.78 is 4.90. The Balaban J connectivity index is 2.25. The van der Waals surface area contributed by atoms with Crippen LogP contribution < -0.4 is 10.2 Å². The van der Waals surface area contributed by atoms with Crippen molar-refractivity contribution in [3.63, 3.8) is 0 Å². The molecule has 120 valence electrons. The monoisotopic (exact) mass is 355 g/mol. The number of ether oxygens (including phenoxy) is 1. The summed E-state index contributed by atoms with van der Waals surface area (Å²) in [6.45, 7) is 0. The van der Waals surface area contributed by atoms with Gasteiger partial charge in [0.1, 0.15) is 0 Å². The van der Waals surface area contributed by atoms with Gasteiger partial charge >= 0.3 is 5.69 Å². The van der Waals surface area contributed by atoms with E-state index in [-0.39, 0.29) is 5.75 Å². The molecule has 0 saturated carbocycles. The molecular weight excluding hydrogens is 345 g/mol. The highest BCUT2D eigenvalue weighted by atomic mass is 35.5. The molecule has 2 aromatic rings. The Labute approximate surface area is 141 Å². The van der Waals surface area contributed by atoms with Crippen molar-refractivity contribution in [1.82, 2.24) is 0 Å². The third-order valence-electron chi connectivity index (χ3n) is 2.82. The van der Waals surface area contributed by atoms with E-state index in [9.17, 15) is 15.2 Å². The Morgan fingerprint density at radius 1 is 1.35 bits per heavy atom. The number of hydrogen-bond acceptors (Lipinski definition) is 6. The standard InChI is InChI=1S/C14H11Cl2N3O4/c1-23-13-5-8(4-12(14(13)20)19(21)22)7-17-18-11-3-2-9(15)6-10(11)16/h2-7,18,20H,1H3. The van der Waals surface area contributed by atoms with Gasteiger partial charge in [0.2, 0.25) is 5.75 Å². The van der Waals surface area contributed by atoms with Gasteiger partial charge in [0.15, 0.2) is 5.75 Å². The highest BCUT2D eigenvalue weighted by Gasteiger charge is 2.19. The molecule has 0 spiro atoms. The normalized spacial score (nSPS) is 10.7. The fourth-order valence-corrected chi connectivity index (χ4v) is 2.19. The number of benzene rings is 2. The molecule has 0 bridgehead atoms. The molecule has 0 amide bonds. The number of phenols is 1. The summed E-state index contributed by atoms with van der Waals surface area (Å²) in [5.74, 6) is -0.562. The van der Waals surface area contributed by atoms with Crippen LogP contribution >= 0.6 is 23.2 Å². The second-order valence-corrected chi connectivity index (χ2v) is 5.19. The molecular formula is C14H11Cl2N3O4. The summed E-state index contributed by atoms with van der Waals surface area (Å²) in [7, 11) is 1.30. The van der Waals surface area contributed by atoms with Gasteiger partial charge in [0.25, 0.3) is 0 Å². The first-order valence-corrected chi connectivity index (χ1v) is 6.97. The van der Waals surface area contributed by atoms with Gasteiger partial charge in [-0.1, -0.05) is 23.2 Å². The smallest absolute Gasteiger partial charge is 0.315 e. The van der Waals surface area contributed by atoms with Crippen LogP contribution in [0.4, 0.5) is 11.4 Å². The lowest BCUT2D eigenvalue weighted by molar-refractivity contribution is -0.386. The van der Waals surface area contributed by atoms with Gasteiger partial charge < -0.3 is 9.84 Å². The number of methoxy groups -OCH3 is 1. The van der Waals surface area contributed by atoms with E-state index in [2.05, 4.69) is 10.5 Å². The molecule has 0 unspecified atom stereocenters. The van der Waals surface area contributed by atoms with E-state index in [1.807, 2.05) is 0 Å². The number of nitrogens with one attached hydrogen (secondary N) is 1. The van der Waals surface area contributed by atoms with Crippen molar-refractivity contribution >= 4 is 40.8 Å². The molecule has 7 nitrogen and oxygen atoms in total. The maximum atomic E-state index is 10.9. The number of nitrogens with zero attached hydrogens (tertiary/aromatic N) is 2. The zero-order valence-corrected chi connectivity index (χ0v) is 13.3. The van der Waals surface area contributed by atoms with Gasteiger partial charge in [0, 0.05) is 16.7 Å². The predicted octanol–water partition coefficient (Wildman–Crippen LogP) is 4.06. The SMILES string of the molecule is COc1cc(C=NNc2ccc(Cl)cc2Cl)cc([N+](=O)[O-])c1O. The van der Waals surface area contributed by atoms with Crippen molar-refractivity contribution < 1.29 is 14.8 Å². The zero-order chi connectivity index (χ0) is 17.0. The number of nitro benzene ring substituents is 1. The minimum Gasteiger partial charge on any atom is -0.500 e. The molecule has 2 rings (SSSR count). The van der Waals surface area contributed by atoms with Gasteiger partial charge in [-0.2, -0.15) is 5.10 Å². The van der Waals surface area contributed by atoms with E-state index >= 15 is 0 Å². The molecule has 0 radical (unpaired) electrons. The number of nitro groups is 1. The predicted molar refractivity (Wildman–Crippen MR) is 89.0 cm³/mol. The molecule has 2 N–H and O–H groups in total. The van der Waals surface area contributed by atoms with Gasteiger partial charge in [-0.05, 0) is 24.3 Å². The summed E-state index contributed by atoms with van der Waals surface area (Å²) in [6.07, 6.45) is 1.33. The molecule has 0 atom stereocenters. The molecule has 0 aliphatic rings. The Morgan fingerprint density at radius 2 is 2.09 bits per heavy atom. The summed E-state index contributed by atoms with van der Waals surface area (Å²) in [5.41, 5.74) is 3.10. The molecule has 0 aliphatic heterocycles. The van der Waals surface area contributed by atoms with Crippen LogP contribution in [0.25, 0.3) is 0 Å². The van der Waals surface area contributed by atoms with Crippen LogP contribution in [0.5, 0.6) is 11.5 Å². The van der Waals surface area contributed by atoms with E-state index < -0.39 is 16.4 Å². The summed E-state index contributed by atoms with van der Waals surface area (Å²) in [6, 6.07) is 7.42. The lowest BCUT2D eigenvalue weighted by atomic mass is 10.2. The van der Waals surface area contributed by atoms with E-state index in [1.165, 1.54) is 25.5 Å². The minimum absolute atomic E-state index is 0.0230. The zero-order valence-electron chi connectivity index (χ0n) is 11.8. The van der Waals surface area contributed by atoms with Crippen molar-refractivity contribution in [2.24, 2.45) is 5.10 Å². The van der Waals surface area contributed by atoms with Crippen LogP contribution in [0.15, 0.2) is 35.4 Å². The second-order valence-electron chi connectivity index (χ2n) is 4.34. The third kappa shape index (κ3) is 4.02. The van der Waals surface area contributed by atoms with Crippen LogP contribution in [-0.2, 0) is 0 Å². The fourth-order valence-electron chi connectivity index (χ4n) is 1.74. The van der Waals surface area contributed by atoms with Crippen molar-refractivity contribution in [3.8, 4) is 11.5 Å². The van der Waals surface area contributed by atoms with Crippen LogP contribution in [0.3, 0.4) is 0 Å². The van der Waals surface area contributed by atoms with Gasteiger partial charge in [-0.25, -0.2) is 0 Å². The maximum absolute atomic E-state index is 10.9. The Kier molecular flexibility index (Phi) is 5.25. The van der Waals surface area contributed by atoms with Gasteiger partial charge in [-0.3, -0.25) is 15.5 Å². The number of hydrazone groups is 1. The Morgan fingerprint density at radius 3 is 2.70 bits per heavy atom. The van der Waals surface area contributed by atoms with E-state index in [1.54, 1.807) is 18.2 Å². The summed E-state index contributed by atoms with van der Waals surface area (Å²) in [5, 5.41) is 25.4. The molecule has 9 heteroatoms. The molecule has 0 fully saturated rings. The molecule has 0 heterocycles. The summed E-state index contributed by atoms with van der Waals surface area (Å²) in [4.78, 5) is 10.2. The highest BCUT2D eigenvalue weighted by Crippen LogP contribution is 2.36. The number of aromatic hydroxyl groups is 1. The van der Waals surface area contributed by atoms with E-state index in [0.29, 0.717) is 21.3 Å². The average Bonchev–Trinajstić information content (AvgIpc) is 2.50. The quantitative estimate of drug-likeness (QED) is 0.478. The fraction of sp³-hybridized carbons (Fsp3) is 0.0714. The molecule has 2 aromatic carbocycles. The number of hydrogen-bond donors (Lipinski definition) is 2. The second kappa shape index (κ2) is 7.17. The first-order chi connectivity index (χ1) is 10.9. The lowest BCUT2D eigenvalue weighted by Gasteiger charge is -2.06. The lowest BCUT2D eigenvalue weighted by Crippen LogP contribution is -1.96. The molecule has 0 aliphatic carbocycles. The molecule has 0 saturated heterocycles. The van der Waals surface area contributed by atoms with Crippen LogP contribution in [0.2, 0.25) is 10.0 Å². The third-order valence-corrected chi connectivity index (χ3v) is 3.37. The number of rotatable bonds is 5. The van der Waals surface area contributed by atoms with Crippen molar-refractivity contribution in [2.45, 2.75) is 0 Å².